The predicted molar refractivity (Wildman–Crippen MR) is 136 cm³/mol. The van der Waals surface area contributed by atoms with Crippen LogP contribution in [-0.2, 0) is 27.1 Å². The molecule has 0 aliphatic carbocycles. The van der Waals surface area contributed by atoms with Crippen LogP contribution in [0.3, 0.4) is 0 Å². The summed E-state index contributed by atoms with van der Waals surface area (Å²) in [6, 6.07) is 8.85. The molecule has 1 saturated heterocycles. The molecule has 1 aliphatic heterocycles. The number of hydrogen-bond acceptors (Lipinski definition) is 5. The highest BCUT2D eigenvalue weighted by atomic mass is 19.1. The van der Waals surface area contributed by atoms with Crippen molar-refractivity contribution in [3.05, 3.63) is 69.8 Å². The predicted octanol–water partition coefficient (Wildman–Crippen LogP) is 5.22. The Labute approximate surface area is 213 Å². The smallest absolute Gasteiger partial charge is 0.306 e. The summed E-state index contributed by atoms with van der Waals surface area (Å²) in [6.45, 7) is 8.82. The van der Waals surface area contributed by atoms with E-state index in [1.165, 1.54) is 6.07 Å². The highest BCUT2D eigenvalue weighted by Gasteiger charge is 2.27. The van der Waals surface area contributed by atoms with Gasteiger partial charge in [0.25, 0.3) is 0 Å². The molecule has 1 fully saturated rings. The van der Waals surface area contributed by atoms with Crippen LogP contribution < -0.4 is 0 Å². The van der Waals surface area contributed by atoms with Crippen molar-refractivity contribution < 1.29 is 28.2 Å². The molecule has 5 nitrogen and oxygen atoms in total. The van der Waals surface area contributed by atoms with Crippen molar-refractivity contribution in [3.8, 4) is 0 Å². The van der Waals surface area contributed by atoms with Gasteiger partial charge in [0.05, 0.1) is 25.4 Å². The molecule has 0 spiro atoms. The Morgan fingerprint density at radius 1 is 1.17 bits per heavy atom. The highest BCUT2D eigenvalue weighted by Crippen LogP contribution is 2.27. The molecule has 2 aromatic rings. The number of aliphatic hydroxyl groups is 1. The minimum absolute atomic E-state index is 0.107. The van der Waals surface area contributed by atoms with Crippen molar-refractivity contribution in [3.63, 3.8) is 0 Å². The highest BCUT2D eigenvalue weighted by molar-refractivity contribution is 5.69. The lowest BCUT2D eigenvalue weighted by atomic mass is 9.96. The Morgan fingerprint density at radius 2 is 1.92 bits per heavy atom. The number of β-amino-alcohol motifs (C(OH)–C–C–N with tert-alkyl or cyclic N) is 1. The summed E-state index contributed by atoms with van der Waals surface area (Å²) in [4.78, 5) is 14.1. The molecule has 0 saturated carbocycles. The molecule has 3 atom stereocenters. The largest absolute Gasteiger partial charge is 0.466 e. The maximum atomic E-state index is 14.4. The molecule has 0 unspecified atom stereocenters. The molecule has 0 amide bonds. The number of esters is 1. The standard InChI is InChI=1S/C29H39F2NO4/c1-5-35-29(34)11-10-23-13-20(3)28(31)16-26(23)21(4)36-18-25(33)17-32-12-6-7-24(32)14-22-9-8-19(2)27(30)15-22/h8-9,13,15-16,21,24-25,33H,5-7,10-12,14,17-18H2,1-4H3/t21-,24+,25-/m1/s1. The average molecular weight is 504 g/mol. The summed E-state index contributed by atoms with van der Waals surface area (Å²) < 4.78 is 39.3. The zero-order valence-electron chi connectivity index (χ0n) is 21.9. The lowest BCUT2D eigenvalue weighted by Crippen LogP contribution is -2.39. The zero-order chi connectivity index (χ0) is 26.2. The van der Waals surface area contributed by atoms with Crippen molar-refractivity contribution in [1.82, 2.24) is 4.90 Å². The third-order valence-electron chi connectivity index (χ3n) is 6.95. The number of aryl methyl sites for hydroxylation is 3. The fraction of sp³-hybridized carbons (Fsp3) is 0.552. The van der Waals surface area contributed by atoms with E-state index >= 15 is 0 Å². The SMILES string of the molecule is CCOC(=O)CCc1cc(C)c(F)cc1[C@@H](C)OC[C@H](O)CN1CCC[C@H]1Cc1ccc(C)c(F)c1. The molecule has 0 bridgehead atoms. The molecule has 7 heteroatoms. The van der Waals surface area contributed by atoms with E-state index in [0.29, 0.717) is 36.3 Å². The van der Waals surface area contributed by atoms with E-state index in [0.717, 1.165) is 36.9 Å². The van der Waals surface area contributed by atoms with E-state index in [4.69, 9.17) is 9.47 Å². The number of aliphatic hydroxyl groups excluding tert-OH is 1. The average Bonchev–Trinajstić information content (AvgIpc) is 3.26. The Morgan fingerprint density at radius 3 is 2.64 bits per heavy atom. The van der Waals surface area contributed by atoms with Crippen LogP contribution in [0, 0.1) is 25.5 Å². The van der Waals surface area contributed by atoms with Crippen LogP contribution in [0.2, 0.25) is 0 Å². The van der Waals surface area contributed by atoms with Crippen LogP contribution in [0.25, 0.3) is 0 Å². The van der Waals surface area contributed by atoms with Gasteiger partial charge in [-0.1, -0.05) is 18.2 Å². The lowest BCUT2D eigenvalue weighted by molar-refractivity contribution is -0.143. The zero-order valence-corrected chi connectivity index (χ0v) is 21.9. The van der Waals surface area contributed by atoms with Crippen molar-refractivity contribution in [2.75, 3.05) is 26.3 Å². The minimum Gasteiger partial charge on any atom is -0.466 e. The number of likely N-dealkylation sites (tertiary alicyclic amines) is 1. The van der Waals surface area contributed by atoms with Crippen LogP contribution in [0.5, 0.6) is 0 Å². The minimum atomic E-state index is -0.707. The quantitative estimate of drug-likeness (QED) is 0.403. The number of carbonyl (C=O) groups is 1. The molecule has 0 radical (unpaired) electrons. The number of hydrogen-bond donors (Lipinski definition) is 1. The molecule has 198 valence electrons. The third-order valence-corrected chi connectivity index (χ3v) is 6.95. The number of nitrogens with zero attached hydrogens (tertiary/aromatic N) is 1. The molecule has 3 rings (SSSR count). The van der Waals surface area contributed by atoms with Gasteiger partial charge in [0, 0.05) is 19.0 Å². The Hall–Kier alpha value is -2.35. The van der Waals surface area contributed by atoms with Crippen LogP contribution in [0.4, 0.5) is 8.78 Å². The van der Waals surface area contributed by atoms with Crippen LogP contribution in [0.15, 0.2) is 30.3 Å². The van der Waals surface area contributed by atoms with Crippen molar-refractivity contribution in [1.29, 1.82) is 0 Å². The molecule has 1 N–H and O–H groups in total. The number of ether oxygens (including phenoxy) is 2. The molecular weight excluding hydrogens is 464 g/mol. The second-order valence-electron chi connectivity index (χ2n) is 9.81. The Kier molecular flexibility index (Phi) is 10.4. The van der Waals surface area contributed by atoms with Gasteiger partial charge in [-0.05, 0) is 99.9 Å². The van der Waals surface area contributed by atoms with Gasteiger partial charge < -0.3 is 14.6 Å². The second kappa shape index (κ2) is 13.3. The van der Waals surface area contributed by atoms with Gasteiger partial charge in [0.2, 0.25) is 0 Å². The van der Waals surface area contributed by atoms with Gasteiger partial charge in [-0.15, -0.1) is 0 Å². The Bertz CT molecular complexity index is 1030. The van der Waals surface area contributed by atoms with E-state index in [9.17, 15) is 18.7 Å². The number of rotatable bonds is 12. The molecule has 1 aliphatic rings. The molecule has 1 heterocycles. The van der Waals surface area contributed by atoms with Crippen LogP contribution in [-0.4, -0.2) is 54.4 Å². The first kappa shape index (κ1) is 28.2. The van der Waals surface area contributed by atoms with E-state index < -0.39 is 12.2 Å². The van der Waals surface area contributed by atoms with Crippen molar-refractivity contribution in [2.45, 2.75) is 78.0 Å². The first-order valence-corrected chi connectivity index (χ1v) is 12.9. The van der Waals surface area contributed by atoms with Gasteiger partial charge in [-0.25, -0.2) is 8.78 Å². The maximum absolute atomic E-state index is 14.4. The summed E-state index contributed by atoms with van der Waals surface area (Å²) >= 11 is 0. The van der Waals surface area contributed by atoms with Crippen molar-refractivity contribution in [2.24, 2.45) is 0 Å². The summed E-state index contributed by atoms with van der Waals surface area (Å²) in [5.41, 5.74) is 3.63. The van der Waals surface area contributed by atoms with E-state index in [-0.39, 0.29) is 36.7 Å². The van der Waals surface area contributed by atoms with Gasteiger partial charge in [-0.3, -0.25) is 9.69 Å². The van der Waals surface area contributed by atoms with Gasteiger partial charge >= 0.3 is 5.97 Å². The number of carbonyl (C=O) groups excluding carboxylic acids is 1. The van der Waals surface area contributed by atoms with Crippen LogP contribution >= 0.6 is 0 Å². The van der Waals surface area contributed by atoms with Crippen molar-refractivity contribution >= 4 is 5.97 Å². The first-order valence-electron chi connectivity index (χ1n) is 12.9. The first-order chi connectivity index (χ1) is 17.2. The summed E-state index contributed by atoms with van der Waals surface area (Å²) in [7, 11) is 0. The van der Waals surface area contributed by atoms with Gasteiger partial charge in [0.15, 0.2) is 0 Å². The number of benzene rings is 2. The molecule has 0 aromatic heterocycles. The second-order valence-corrected chi connectivity index (χ2v) is 9.81. The fourth-order valence-corrected chi connectivity index (χ4v) is 4.89. The Balaban J connectivity index is 1.56. The molecule has 36 heavy (non-hydrogen) atoms. The van der Waals surface area contributed by atoms with Gasteiger partial charge in [0.1, 0.15) is 11.6 Å². The summed E-state index contributed by atoms with van der Waals surface area (Å²) in [5, 5.41) is 10.7. The maximum Gasteiger partial charge on any atom is 0.306 e. The topological polar surface area (TPSA) is 59.0 Å². The third kappa shape index (κ3) is 7.82. The van der Waals surface area contributed by atoms with E-state index in [2.05, 4.69) is 4.90 Å². The van der Waals surface area contributed by atoms with E-state index in [1.807, 2.05) is 19.1 Å². The van der Waals surface area contributed by atoms with E-state index in [1.54, 1.807) is 32.9 Å². The lowest BCUT2D eigenvalue weighted by Gasteiger charge is -2.28. The molecule has 2 aromatic carbocycles. The summed E-state index contributed by atoms with van der Waals surface area (Å²) in [5.74, 6) is -0.801. The summed E-state index contributed by atoms with van der Waals surface area (Å²) in [6.07, 6.45) is 2.27. The fourth-order valence-electron chi connectivity index (χ4n) is 4.89. The number of halogens is 2. The van der Waals surface area contributed by atoms with Crippen LogP contribution in [0.1, 0.15) is 67.0 Å². The monoisotopic (exact) mass is 503 g/mol. The normalized spacial score (nSPS) is 17.8. The molecular formula is C29H39F2NO4. The van der Waals surface area contributed by atoms with Gasteiger partial charge in [-0.2, -0.15) is 0 Å².